The molecule has 0 amide bonds. The molecule has 3 heteroatoms. The second kappa shape index (κ2) is 7.54. The summed E-state index contributed by atoms with van der Waals surface area (Å²) in [4.78, 5) is 0. The van der Waals surface area contributed by atoms with Gasteiger partial charge in [0, 0.05) is 16.0 Å². The van der Waals surface area contributed by atoms with Crippen LogP contribution in [0.4, 0.5) is 0 Å². The van der Waals surface area contributed by atoms with E-state index in [1.807, 2.05) is 54.6 Å². The van der Waals surface area contributed by atoms with E-state index in [1.54, 1.807) is 6.07 Å². The van der Waals surface area contributed by atoms with Gasteiger partial charge in [0.15, 0.2) is 0 Å². The molecule has 3 rings (SSSR count). The second-order valence-corrected chi connectivity index (χ2v) is 6.19. The van der Waals surface area contributed by atoms with Crippen LogP contribution in [0.2, 0.25) is 10.0 Å². The fraction of sp³-hybridized carbons (Fsp3) is 0.100. The Balaban J connectivity index is 1.85. The zero-order valence-electron chi connectivity index (χ0n) is 12.5. The van der Waals surface area contributed by atoms with Crippen LogP contribution in [0.3, 0.4) is 0 Å². The normalized spacial score (nSPS) is 14.1. The first-order chi connectivity index (χ1) is 11.2. The Hall–Kier alpha value is -1.96. The highest BCUT2D eigenvalue weighted by Crippen LogP contribution is 2.28. The van der Waals surface area contributed by atoms with Gasteiger partial charge in [0.1, 0.15) is 5.75 Å². The molecule has 1 aliphatic rings. The summed E-state index contributed by atoms with van der Waals surface area (Å²) in [5.41, 5.74) is 2.20. The fourth-order valence-electron chi connectivity index (χ4n) is 2.46. The molecule has 23 heavy (non-hydrogen) atoms. The molecule has 0 N–H and O–H groups in total. The first-order valence-electron chi connectivity index (χ1n) is 7.41. The van der Waals surface area contributed by atoms with E-state index in [2.05, 4.69) is 18.2 Å². The molecule has 1 aliphatic carbocycles. The zero-order valence-corrected chi connectivity index (χ0v) is 14.0. The molecule has 1 atom stereocenters. The van der Waals surface area contributed by atoms with E-state index < -0.39 is 0 Å². The van der Waals surface area contributed by atoms with Gasteiger partial charge in [-0.3, -0.25) is 0 Å². The van der Waals surface area contributed by atoms with Gasteiger partial charge in [-0.25, -0.2) is 0 Å². The molecule has 0 aromatic heterocycles. The van der Waals surface area contributed by atoms with Crippen LogP contribution < -0.4 is 4.74 Å². The Morgan fingerprint density at radius 2 is 1.57 bits per heavy atom. The molecule has 0 spiro atoms. The van der Waals surface area contributed by atoms with Gasteiger partial charge in [0.05, 0.1) is 6.61 Å². The van der Waals surface area contributed by atoms with Gasteiger partial charge in [0.2, 0.25) is 0 Å². The summed E-state index contributed by atoms with van der Waals surface area (Å²) in [6, 6.07) is 15.4. The van der Waals surface area contributed by atoms with Gasteiger partial charge in [0.25, 0.3) is 0 Å². The van der Waals surface area contributed by atoms with Gasteiger partial charge in [-0.15, -0.1) is 0 Å². The zero-order chi connectivity index (χ0) is 16.1. The van der Waals surface area contributed by atoms with Crippen LogP contribution >= 0.6 is 23.2 Å². The lowest BCUT2D eigenvalue weighted by Crippen LogP contribution is -2.09. The number of hydrogen-bond donors (Lipinski definition) is 0. The number of halogens is 2. The van der Waals surface area contributed by atoms with E-state index in [4.69, 9.17) is 27.9 Å². The second-order valence-electron chi connectivity index (χ2n) is 5.32. The number of para-hydroxylation sites is 1. The fourth-order valence-corrected chi connectivity index (χ4v) is 3.01. The molecular formula is C20H16Cl2O. The average Bonchev–Trinajstić information content (AvgIpc) is 3.04. The topological polar surface area (TPSA) is 9.23 Å². The van der Waals surface area contributed by atoms with E-state index >= 15 is 0 Å². The quantitative estimate of drug-likeness (QED) is 0.627. The van der Waals surface area contributed by atoms with E-state index in [9.17, 15) is 0 Å². The lowest BCUT2D eigenvalue weighted by Gasteiger charge is -2.16. The third-order valence-electron chi connectivity index (χ3n) is 3.57. The lowest BCUT2D eigenvalue weighted by molar-refractivity contribution is 0.306. The summed E-state index contributed by atoms with van der Waals surface area (Å²) in [7, 11) is 0. The monoisotopic (exact) mass is 342 g/mol. The van der Waals surface area contributed by atoms with Crippen molar-refractivity contribution in [1.29, 1.82) is 0 Å². The van der Waals surface area contributed by atoms with E-state index in [-0.39, 0.29) is 5.92 Å². The highest BCUT2D eigenvalue weighted by atomic mass is 35.5. The summed E-state index contributed by atoms with van der Waals surface area (Å²) in [5.74, 6) is 0.912. The third-order valence-corrected chi connectivity index (χ3v) is 4.00. The van der Waals surface area contributed by atoms with Crippen LogP contribution in [-0.2, 0) is 0 Å². The molecule has 0 saturated carbocycles. The molecule has 0 fully saturated rings. The van der Waals surface area contributed by atoms with Crippen LogP contribution in [0, 0.1) is 0 Å². The predicted octanol–water partition coefficient (Wildman–Crippen LogP) is 6.21. The van der Waals surface area contributed by atoms with Crippen LogP contribution in [0.15, 0.2) is 84.5 Å². The summed E-state index contributed by atoms with van der Waals surface area (Å²) in [5, 5.41) is 1.27. The van der Waals surface area contributed by atoms with Crippen molar-refractivity contribution in [2.45, 2.75) is 5.92 Å². The van der Waals surface area contributed by atoms with Crippen molar-refractivity contribution in [3.63, 3.8) is 0 Å². The van der Waals surface area contributed by atoms with E-state index in [0.717, 1.165) is 16.9 Å². The number of hydrogen-bond acceptors (Lipinski definition) is 1. The average molecular weight is 343 g/mol. The molecule has 2 aromatic rings. The van der Waals surface area contributed by atoms with E-state index in [0.29, 0.717) is 16.7 Å². The summed E-state index contributed by atoms with van der Waals surface area (Å²) in [6.45, 7) is 0.520. The molecule has 1 unspecified atom stereocenters. The molecule has 1 nitrogen and oxygen atoms in total. The molecule has 0 aliphatic heterocycles. The van der Waals surface area contributed by atoms with Gasteiger partial charge >= 0.3 is 0 Å². The maximum absolute atomic E-state index is 6.15. The molecular weight excluding hydrogens is 327 g/mol. The van der Waals surface area contributed by atoms with Crippen LogP contribution in [0.5, 0.6) is 5.75 Å². The standard InChI is InChI=1S/C20H16Cl2O/c21-18-11-16(12-19(22)13-18)17(10-15-6-4-5-7-15)14-23-20-8-2-1-3-9-20/h1-13,17H,14H2. The number of allylic oxidation sites excluding steroid dienone is 5. The molecule has 0 heterocycles. The Morgan fingerprint density at radius 3 is 2.22 bits per heavy atom. The van der Waals surface area contributed by atoms with E-state index in [1.165, 1.54) is 0 Å². The van der Waals surface area contributed by atoms with Crippen molar-refractivity contribution in [2.75, 3.05) is 6.61 Å². The first-order valence-corrected chi connectivity index (χ1v) is 8.17. The largest absolute Gasteiger partial charge is 0.493 e. The Morgan fingerprint density at radius 1 is 0.913 bits per heavy atom. The molecule has 0 saturated heterocycles. The minimum Gasteiger partial charge on any atom is -0.493 e. The summed E-state index contributed by atoms with van der Waals surface area (Å²) < 4.78 is 5.93. The van der Waals surface area contributed by atoms with Crippen LogP contribution in [0.25, 0.3) is 0 Å². The summed E-state index contributed by atoms with van der Waals surface area (Å²) >= 11 is 12.3. The van der Waals surface area contributed by atoms with Crippen molar-refractivity contribution in [3.8, 4) is 5.75 Å². The predicted molar refractivity (Wildman–Crippen MR) is 97.5 cm³/mol. The molecule has 0 bridgehead atoms. The maximum Gasteiger partial charge on any atom is 0.119 e. The van der Waals surface area contributed by atoms with Gasteiger partial charge in [-0.05, 0) is 41.5 Å². The van der Waals surface area contributed by atoms with Crippen LogP contribution in [0.1, 0.15) is 11.5 Å². The lowest BCUT2D eigenvalue weighted by atomic mass is 9.97. The molecule has 116 valence electrons. The third kappa shape index (κ3) is 4.51. The first kappa shape index (κ1) is 15.9. The minimum atomic E-state index is 0.0637. The van der Waals surface area contributed by atoms with Gasteiger partial charge in [-0.2, -0.15) is 0 Å². The Bertz CT molecular complexity index is 726. The van der Waals surface area contributed by atoms with Crippen molar-refractivity contribution in [1.82, 2.24) is 0 Å². The van der Waals surface area contributed by atoms with Crippen molar-refractivity contribution in [3.05, 3.63) is 100 Å². The number of rotatable bonds is 5. The Labute approximate surface area is 146 Å². The number of benzene rings is 2. The minimum absolute atomic E-state index is 0.0637. The number of ether oxygens (including phenoxy) is 1. The highest BCUT2D eigenvalue weighted by Gasteiger charge is 2.13. The van der Waals surface area contributed by atoms with Crippen LogP contribution in [-0.4, -0.2) is 6.61 Å². The maximum atomic E-state index is 6.15. The SMILES string of the molecule is Clc1cc(Cl)cc(C(C=C2C=CC=C2)COc2ccccc2)c1. The Kier molecular flexibility index (Phi) is 5.22. The van der Waals surface area contributed by atoms with Gasteiger partial charge in [-0.1, -0.05) is 71.8 Å². The molecule has 0 radical (unpaired) electrons. The summed E-state index contributed by atoms with van der Waals surface area (Å²) in [6.07, 6.45) is 10.4. The smallest absolute Gasteiger partial charge is 0.119 e. The van der Waals surface area contributed by atoms with Crippen molar-refractivity contribution in [2.24, 2.45) is 0 Å². The van der Waals surface area contributed by atoms with Crippen molar-refractivity contribution < 1.29 is 4.74 Å². The van der Waals surface area contributed by atoms with Gasteiger partial charge < -0.3 is 4.74 Å². The van der Waals surface area contributed by atoms with Crippen molar-refractivity contribution >= 4 is 23.2 Å². The highest BCUT2D eigenvalue weighted by molar-refractivity contribution is 6.34. The molecule has 2 aromatic carbocycles.